The molecule has 4 heteroatoms. The largest absolute Gasteiger partial charge is 0.300 e. The van der Waals surface area contributed by atoms with E-state index in [4.69, 9.17) is 0 Å². The van der Waals surface area contributed by atoms with Crippen LogP contribution in [0.2, 0.25) is 0 Å². The van der Waals surface area contributed by atoms with Gasteiger partial charge >= 0.3 is 0 Å². The lowest BCUT2D eigenvalue weighted by molar-refractivity contribution is -0.115. The summed E-state index contributed by atoms with van der Waals surface area (Å²) in [5, 5.41) is 3.42. The fourth-order valence-electron chi connectivity index (χ4n) is 2.23. The number of carbonyl (C=O) groups is 1. The van der Waals surface area contributed by atoms with E-state index in [0.29, 0.717) is 10.1 Å². The van der Waals surface area contributed by atoms with Crippen molar-refractivity contribution in [2.24, 2.45) is 4.99 Å². The number of aliphatic imine (C=N–C) groups is 1. The zero-order valence-electron chi connectivity index (χ0n) is 13.4. The van der Waals surface area contributed by atoms with E-state index in [1.807, 2.05) is 60.7 Å². The van der Waals surface area contributed by atoms with Crippen LogP contribution in [0.25, 0.3) is 6.08 Å². The van der Waals surface area contributed by atoms with Crippen LogP contribution in [0.5, 0.6) is 0 Å². The lowest BCUT2D eigenvalue weighted by Gasteiger charge is -1.98. The van der Waals surface area contributed by atoms with E-state index in [0.717, 1.165) is 17.7 Å². The molecule has 2 aromatic carbocycles. The molecule has 0 radical (unpaired) electrons. The van der Waals surface area contributed by atoms with Crippen LogP contribution in [0.4, 0.5) is 5.69 Å². The molecule has 3 nitrogen and oxygen atoms in total. The molecule has 0 atom stereocenters. The Labute approximate surface area is 146 Å². The Kier molecular flexibility index (Phi) is 5.29. The normalized spacial score (nSPS) is 17.8. The van der Waals surface area contributed by atoms with Crippen LogP contribution >= 0.6 is 11.8 Å². The van der Waals surface area contributed by atoms with Crippen LogP contribution in [0, 0.1) is 0 Å². The number of hydrogen-bond acceptors (Lipinski definition) is 3. The van der Waals surface area contributed by atoms with Gasteiger partial charge in [0.25, 0.3) is 5.91 Å². The minimum Gasteiger partial charge on any atom is -0.300 e. The quantitative estimate of drug-likeness (QED) is 0.824. The van der Waals surface area contributed by atoms with Gasteiger partial charge in [-0.1, -0.05) is 61.5 Å². The van der Waals surface area contributed by atoms with Gasteiger partial charge in [-0.05, 0) is 47.5 Å². The van der Waals surface area contributed by atoms with Gasteiger partial charge in [-0.15, -0.1) is 0 Å². The highest BCUT2D eigenvalue weighted by molar-refractivity contribution is 8.18. The number of thioether (sulfide) groups is 1. The van der Waals surface area contributed by atoms with Gasteiger partial charge < -0.3 is 5.32 Å². The van der Waals surface area contributed by atoms with Gasteiger partial charge in [-0.2, -0.15) is 0 Å². The first-order chi connectivity index (χ1) is 11.7. The Hall–Kier alpha value is -2.59. The van der Waals surface area contributed by atoms with Crippen molar-refractivity contribution in [3.8, 4) is 0 Å². The third kappa shape index (κ3) is 4.24. The first kappa shape index (κ1) is 16.3. The van der Waals surface area contributed by atoms with E-state index in [2.05, 4.69) is 29.4 Å². The average Bonchev–Trinajstić information content (AvgIpc) is 2.96. The number of aryl methyl sites for hydroxylation is 1. The molecule has 1 fully saturated rings. The lowest BCUT2D eigenvalue weighted by atomic mass is 10.2. The van der Waals surface area contributed by atoms with Crippen molar-refractivity contribution in [2.45, 2.75) is 13.3 Å². The van der Waals surface area contributed by atoms with Crippen molar-refractivity contribution < 1.29 is 4.79 Å². The molecular weight excluding hydrogens is 316 g/mol. The molecule has 0 bridgehead atoms. The van der Waals surface area contributed by atoms with E-state index in [-0.39, 0.29) is 5.91 Å². The van der Waals surface area contributed by atoms with Crippen LogP contribution in [0.3, 0.4) is 0 Å². The summed E-state index contributed by atoms with van der Waals surface area (Å²) in [7, 11) is 0. The number of carbonyl (C=O) groups excluding carboxylic acids is 1. The monoisotopic (exact) mass is 334 g/mol. The highest BCUT2D eigenvalue weighted by Gasteiger charge is 2.22. The molecule has 0 unspecified atom stereocenters. The summed E-state index contributed by atoms with van der Waals surface area (Å²) < 4.78 is 0. The molecule has 0 saturated carbocycles. The zero-order chi connectivity index (χ0) is 16.8. The summed E-state index contributed by atoms with van der Waals surface area (Å²) in [6.07, 6.45) is 6.67. The predicted octanol–water partition coefficient (Wildman–Crippen LogP) is 4.70. The van der Waals surface area contributed by atoms with E-state index >= 15 is 0 Å². The summed E-state index contributed by atoms with van der Waals surface area (Å²) >= 11 is 1.36. The Morgan fingerprint density at radius 3 is 2.54 bits per heavy atom. The number of rotatable bonds is 4. The van der Waals surface area contributed by atoms with Crippen molar-refractivity contribution in [2.75, 3.05) is 0 Å². The molecule has 1 amide bonds. The molecule has 3 rings (SSSR count). The van der Waals surface area contributed by atoms with Gasteiger partial charge in [0.1, 0.15) is 0 Å². The van der Waals surface area contributed by atoms with Crippen LogP contribution in [-0.2, 0) is 11.2 Å². The fraction of sp³-hybridized carbons (Fsp3) is 0.100. The Bertz CT molecular complexity index is 805. The number of benzene rings is 2. The van der Waals surface area contributed by atoms with Gasteiger partial charge in [0.05, 0.1) is 10.6 Å². The molecule has 1 aliphatic rings. The summed E-state index contributed by atoms with van der Waals surface area (Å²) in [5.41, 5.74) is 3.22. The maximum Gasteiger partial charge on any atom is 0.264 e. The predicted molar refractivity (Wildman–Crippen MR) is 102 cm³/mol. The third-order valence-corrected chi connectivity index (χ3v) is 4.49. The molecular formula is C20H18N2OS. The van der Waals surface area contributed by atoms with Crippen LogP contribution in [0.1, 0.15) is 18.1 Å². The minimum atomic E-state index is -0.110. The number of nitrogens with one attached hydrogen (secondary N) is 1. The second kappa shape index (κ2) is 7.79. The fourth-order valence-corrected chi connectivity index (χ4v) is 3.02. The zero-order valence-corrected chi connectivity index (χ0v) is 14.2. The standard InChI is InChI=1S/C20H18N2OS/c1-2-15-11-13-17(14-12-15)21-20-22-19(23)18(24-20)10-6-9-16-7-4-3-5-8-16/h3-14H,2H2,1H3,(H,21,22,23)/b9-6+,18-10-. The van der Waals surface area contributed by atoms with Gasteiger partial charge in [-0.25, -0.2) is 4.99 Å². The molecule has 24 heavy (non-hydrogen) atoms. The molecule has 2 aromatic rings. The molecule has 0 aliphatic carbocycles. The first-order valence-corrected chi connectivity index (χ1v) is 8.66. The maximum absolute atomic E-state index is 12.0. The minimum absolute atomic E-state index is 0.110. The Morgan fingerprint density at radius 1 is 1.08 bits per heavy atom. The maximum atomic E-state index is 12.0. The smallest absolute Gasteiger partial charge is 0.264 e. The number of nitrogens with zero attached hydrogens (tertiary/aromatic N) is 1. The summed E-state index contributed by atoms with van der Waals surface area (Å²) in [5.74, 6) is -0.110. The molecule has 0 spiro atoms. The average molecular weight is 334 g/mol. The van der Waals surface area contributed by atoms with Crippen LogP contribution in [-0.4, -0.2) is 11.1 Å². The first-order valence-electron chi connectivity index (χ1n) is 7.85. The molecule has 0 aromatic heterocycles. The molecule has 1 N–H and O–H groups in total. The second-order valence-corrected chi connectivity index (χ2v) is 6.32. The van der Waals surface area contributed by atoms with Gasteiger partial charge in [0, 0.05) is 0 Å². The number of allylic oxidation sites excluding steroid dienone is 2. The number of amides is 1. The Morgan fingerprint density at radius 2 is 1.83 bits per heavy atom. The van der Waals surface area contributed by atoms with Crippen molar-refractivity contribution in [1.82, 2.24) is 5.32 Å². The third-order valence-electron chi connectivity index (χ3n) is 3.56. The lowest BCUT2D eigenvalue weighted by Crippen LogP contribution is -2.19. The van der Waals surface area contributed by atoms with E-state index < -0.39 is 0 Å². The number of amidine groups is 1. The SMILES string of the molecule is CCc1ccc(N=C2NC(=O)/C(=C/C=C/c3ccccc3)S2)cc1. The molecule has 1 heterocycles. The van der Waals surface area contributed by atoms with Crippen molar-refractivity contribution in [1.29, 1.82) is 0 Å². The van der Waals surface area contributed by atoms with E-state index in [1.54, 1.807) is 0 Å². The van der Waals surface area contributed by atoms with Crippen LogP contribution < -0.4 is 5.32 Å². The Balaban J connectivity index is 1.69. The van der Waals surface area contributed by atoms with Gasteiger partial charge in [0.15, 0.2) is 5.17 Å². The van der Waals surface area contributed by atoms with E-state index in [1.165, 1.54) is 17.3 Å². The van der Waals surface area contributed by atoms with Gasteiger partial charge in [0.2, 0.25) is 0 Å². The number of hydrogen-bond donors (Lipinski definition) is 1. The van der Waals surface area contributed by atoms with Gasteiger partial charge in [-0.3, -0.25) is 4.79 Å². The van der Waals surface area contributed by atoms with Crippen LogP contribution in [0.15, 0.2) is 76.6 Å². The molecule has 1 aliphatic heterocycles. The highest BCUT2D eigenvalue weighted by Crippen LogP contribution is 2.26. The second-order valence-electron chi connectivity index (χ2n) is 5.29. The summed E-state index contributed by atoms with van der Waals surface area (Å²) in [6.45, 7) is 2.12. The summed E-state index contributed by atoms with van der Waals surface area (Å²) in [4.78, 5) is 17.1. The van der Waals surface area contributed by atoms with Crippen molar-refractivity contribution in [3.63, 3.8) is 0 Å². The highest BCUT2D eigenvalue weighted by atomic mass is 32.2. The summed E-state index contributed by atoms with van der Waals surface area (Å²) in [6, 6.07) is 18.0. The van der Waals surface area contributed by atoms with Crippen molar-refractivity contribution in [3.05, 3.63) is 82.8 Å². The van der Waals surface area contributed by atoms with E-state index in [9.17, 15) is 4.79 Å². The van der Waals surface area contributed by atoms with Crippen molar-refractivity contribution >= 4 is 34.6 Å². The topological polar surface area (TPSA) is 41.5 Å². The molecule has 1 saturated heterocycles. The molecule has 120 valence electrons.